The van der Waals surface area contributed by atoms with E-state index >= 15 is 0 Å². The van der Waals surface area contributed by atoms with Crippen molar-refractivity contribution in [2.24, 2.45) is 0 Å². The van der Waals surface area contributed by atoms with Crippen molar-refractivity contribution >= 4 is 0 Å². The number of nitriles is 1. The van der Waals surface area contributed by atoms with Gasteiger partial charge in [0.25, 0.3) is 5.56 Å². The zero-order chi connectivity index (χ0) is 15.3. The van der Waals surface area contributed by atoms with E-state index in [4.69, 9.17) is 5.26 Å². The summed E-state index contributed by atoms with van der Waals surface area (Å²) in [4.78, 5) is 24.2. The van der Waals surface area contributed by atoms with Crippen LogP contribution in [0.4, 0.5) is 4.48 Å². The van der Waals surface area contributed by atoms with Crippen LogP contribution in [0.5, 0.6) is 0 Å². The number of nitrogens with zero attached hydrogens (tertiary/aromatic N) is 3. The van der Waals surface area contributed by atoms with Crippen LogP contribution in [0.2, 0.25) is 0 Å². The van der Waals surface area contributed by atoms with Crippen LogP contribution in [0, 0.1) is 11.3 Å². The molecule has 0 spiro atoms. The van der Waals surface area contributed by atoms with Gasteiger partial charge in [-0.3, -0.25) is 4.79 Å². The largest absolute Gasteiger partial charge is 0.357 e. The number of nitrogens with one attached hydrogen (secondary N) is 1. The average molecular weight is 272 g/mol. The lowest BCUT2D eigenvalue weighted by Crippen LogP contribution is -2.28. The van der Waals surface area contributed by atoms with Gasteiger partial charge in [-0.2, -0.15) is 5.26 Å². The molecular formula is C12H21FN4O2. The standard InChI is InChI=1S/C6H15N.C4H3FN2O2.C2H3N/c1-4-7(5-2)6-3;5-7-3(8)1-2-6-4(7)9;1-2-3/h4-6H2,1-3H3;1-2H,(H,6,9);1H3. The first kappa shape index (κ1) is 19.4. The zero-order valence-corrected chi connectivity index (χ0v) is 11.8. The summed E-state index contributed by atoms with van der Waals surface area (Å²) in [6.07, 6.45) is 1.08. The summed E-state index contributed by atoms with van der Waals surface area (Å²) in [5.41, 5.74) is -2.01. The molecule has 0 aromatic carbocycles. The molecule has 1 heterocycles. The van der Waals surface area contributed by atoms with Gasteiger partial charge in [-0.05, 0) is 19.6 Å². The highest BCUT2D eigenvalue weighted by molar-refractivity contribution is 4.79. The molecule has 0 fully saturated rings. The lowest BCUT2D eigenvalue weighted by Gasteiger charge is -2.13. The second-order valence-electron chi connectivity index (χ2n) is 3.25. The molecule has 1 aromatic rings. The van der Waals surface area contributed by atoms with Gasteiger partial charge in [0.05, 0.1) is 6.07 Å². The van der Waals surface area contributed by atoms with Gasteiger partial charge in [-0.25, -0.2) is 4.79 Å². The summed E-state index contributed by atoms with van der Waals surface area (Å²) in [6, 6.07) is 2.67. The third-order valence-corrected chi connectivity index (χ3v) is 2.15. The maximum atomic E-state index is 12.0. The predicted octanol–water partition coefficient (Wildman–Crippen LogP) is 1.15. The van der Waals surface area contributed by atoms with Crippen molar-refractivity contribution in [2.45, 2.75) is 27.7 Å². The van der Waals surface area contributed by atoms with Crippen LogP contribution in [0.1, 0.15) is 27.7 Å². The van der Waals surface area contributed by atoms with Crippen molar-refractivity contribution < 1.29 is 4.48 Å². The Labute approximate surface area is 112 Å². The average Bonchev–Trinajstić information content (AvgIpc) is 2.40. The topological polar surface area (TPSA) is 81.9 Å². The van der Waals surface area contributed by atoms with E-state index < -0.39 is 16.0 Å². The molecule has 0 aliphatic carbocycles. The fourth-order valence-electron chi connectivity index (χ4n) is 1.08. The summed E-state index contributed by atoms with van der Waals surface area (Å²) in [5, 5.41) is 7.32. The van der Waals surface area contributed by atoms with Gasteiger partial charge < -0.3 is 9.88 Å². The fraction of sp³-hybridized carbons (Fsp3) is 0.583. The Morgan fingerprint density at radius 2 is 1.74 bits per heavy atom. The smallest absolute Gasteiger partial charge is 0.312 e. The molecule has 0 atom stereocenters. The van der Waals surface area contributed by atoms with Crippen molar-refractivity contribution in [3.8, 4) is 6.07 Å². The number of aromatic amines is 1. The van der Waals surface area contributed by atoms with E-state index in [1.165, 1.54) is 26.6 Å². The third-order valence-electron chi connectivity index (χ3n) is 2.15. The molecule has 1 aromatic heterocycles. The predicted molar refractivity (Wildman–Crippen MR) is 72.6 cm³/mol. The number of rotatable bonds is 3. The summed E-state index contributed by atoms with van der Waals surface area (Å²) < 4.78 is 12.0. The van der Waals surface area contributed by atoms with Crippen molar-refractivity contribution in [1.29, 1.82) is 5.26 Å². The first-order valence-corrected chi connectivity index (χ1v) is 5.98. The van der Waals surface area contributed by atoms with E-state index in [1.807, 2.05) is 4.98 Å². The third kappa shape index (κ3) is 9.73. The van der Waals surface area contributed by atoms with Crippen molar-refractivity contribution in [3.05, 3.63) is 33.1 Å². The van der Waals surface area contributed by atoms with Gasteiger partial charge >= 0.3 is 5.69 Å². The second kappa shape index (κ2) is 12.5. The Morgan fingerprint density at radius 1 is 1.32 bits per heavy atom. The Kier molecular flexibility index (Phi) is 12.8. The van der Waals surface area contributed by atoms with E-state index in [1.54, 1.807) is 6.07 Å². The van der Waals surface area contributed by atoms with Crippen molar-refractivity contribution in [2.75, 3.05) is 19.6 Å². The molecule has 0 aliphatic rings. The van der Waals surface area contributed by atoms with Gasteiger partial charge in [0, 0.05) is 19.2 Å². The number of hydrogen-bond acceptors (Lipinski definition) is 4. The highest BCUT2D eigenvalue weighted by Crippen LogP contribution is 1.81. The fourth-order valence-corrected chi connectivity index (χ4v) is 1.08. The number of hydrogen-bond donors (Lipinski definition) is 1. The van der Waals surface area contributed by atoms with E-state index in [0.717, 1.165) is 12.3 Å². The second-order valence-corrected chi connectivity index (χ2v) is 3.25. The molecule has 1 rings (SSSR count). The molecule has 1 N–H and O–H groups in total. The van der Waals surface area contributed by atoms with E-state index in [-0.39, 0.29) is 0 Å². The normalized spacial score (nSPS) is 8.68. The summed E-state index contributed by atoms with van der Waals surface area (Å²) >= 11 is 0. The number of halogens is 1. The highest BCUT2D eigenvalue weighted by atomic mass is 19.2. The van der Waals surface area contributed by atoms with Crippen LogP contribution < -0.4 is 11.2 Å². The van der Waals surface area contributed by atoms with Crippen LogP contribution in [-0.4, -0.2) is 34.3 Å². The van der Waals surface area contributed by atoms with Gasteiger partial charge in [0.2, 0.25) is 0 Å². The van der Waals surface area contributed by atoms with Gasteiger partial charge in [0.15, 0.2) is 0 Å². The molecule has 0 unspecified atom stereocenters. The molecular weight excluding hydrogens is 251 g/mol. The van der Waals surface area contributed by atoms with Crippen LogP contribution in [-0.2, 0) is 0 Å². The minimum Gasteiger partial charge on any atom is -0.312 e. The maximum absolute atomic E-state index is 12.0. The van der Waals surface area contributed by atoms with Crippen molar-refractivity contribution in [1.82, 2.24) is 14.7 Å². The van der Waals surface area contributed by atoms with Gasteiger partial charge in [-0.1, -0.05) is 30.0 Å². The molecule has 19 heavy (non-hydrogen) atoms. The molecule has 0 saturated heterocycles. The van der Waals surface area contributed by atoms with E-state index in [0.29, 0.717) is 0 Å². The lowest BCUT2D eigenvalue weighted by atomic mass is 10.5. The Hall–Kier alpha value is -1.94. The quantitative estimate of drug-likeness (QED) is 0.894. The van der Waals surface area contributed by atoms with Crippen LogP contribution >= 0.6 is 0 Å². The molecule has 0 aliphatic heterocycles. The van der Waals surface area contributed by atoms with Crippen molar-refractivity contribution in [3.63, 3.8) is 0 Å². The SMILES string of the molecule is CC#N.CCN(CC)CC.O=c1cc[nH]c(=O)n1F. The van der Waals surface area contributed by atoms with Gasteiger partial charge in [-0.15, -0.1) is 0 Å². The van der Waals surface area contributed by atoms with E-state index in [2.05, 4.69) is 25.7 Å². The van der Waals surface area contributed by atoms with E-state index in [9.17, 15) is 14.1 Å². The van der Waals surface area contributed by atoms with Gasteiger partial charge in [0.1, 0.15) is 0 Å². The first-order chi connectivity index (χ1) is 8.98. The number of aromatic nitrogens is 2. The van der Waals surface area contributed by atoms with Crippen LogP contribution in [0.25, 0.3) is 0 Å². The lowest BCUT2D eigenvalue weighted by molar-refractivity contribution is 0.321. The summed E-state index contributed by atoms with van der Waals surface area (Å²) in [7, 11) is 0. The Morgan fingerprint density at radius 3 is 1.95 bits per heavy atom. The first-order valence-electron chi connectivity index (χ1n) is 5.98. The maximum Gasteiger partial charge on any atom is 0.357 e. The monoisotopic (exact) mass is 272 g/mol. The molecule has 0 bridgehead atoms. The summed E-state index contributed by atoms with van der Waals surface area (Å²) in [5.74, 6) is 0. The molecule has 6 nitrogen and oxygen atoms in total. The Bertz CT molecular complexity index is 438. The Balaban J connectivity index is 0. The molecule has 0 radical (unpaired) electrons. The molecule has 108 valence electrons. The minimum absolute atomic E-state index is 0.500. The zero-order valence-electron chi connectivity index (χ0n) is 11.8. The molecule has 7 heteroatoms. The molecule has 0 saturated carbocycles. The van der Waals surface area contributed by atoms with Crippen LogP contribution in [0.15, 0.2) is 21.9 Å². The molecule has 0 amide bonds. The number of H-pyrrole nitrogens is 1. The highest BCUT2D eigenvalue weighted by Gasteiger charge is 1.93. The summed E-state index contributed by atoms with van der Waals surface area (Å²) in [6.45, 7) is 11.6. The van der Waals surface area contributed by atoms with Crippen LogP contribution in [0.3, 0.4) is 0 Å². The minimum atomic E-state index is -1.05.